The quantitative estimate of drug-likeness (QED) is 0.283. The standard InChI is InChI=1S/C21H25.C10H15.2ClH.Zr/c1-20(2,3)16-7-9-18-14(12-16)11-15-13-17(21(4,5)6)8-10-19(15)18;1-8-5-6-9(7-8)10(2,3)4;;;/h7-13H,1-6H3;5-7H,1-4H3;2*1H;/q2*-1;;;+4/p-2. The maximum Gasteiger partial charge on any atom is 4.00 e. The molecule has 0 aliphatic heterocycles. The van der Waals surface area contributed by atoms with Gasteiger partial charge in [0, 0.05) is 0 Å². The molecule has 4 rings (SSSR count). The van der Waals surface area contributed by atoms with E-state index in [1.54, 1.807) is 0 Å². The molecule has 0 radical (unpaired) electrons. The summed E-state index contributed by atoms with van der Waals surface area (Å²) in [5.74, 6) is 0. The topological polar surface area (TPSA) is 0 Å². The Labute approximate surface area is 239 Å². The summed E-state index contributed by atoms with van der Waals surface area (Å²) in [6.07, 6.45) is 0. The van der Waals surface area contributed by atoms with Gasteiger partial charge in [0.25, 0.3) is 0 Å². The molecule has 0 saturated heterocycles. The van der Waals surface area contributed by atoms with Gasteiger partial charge in [0.15, 0.2) is 0 Å². The first-order valence-electron chi connectivity index (χ1n) is 11.5. The molecule has 0 aliphatic rings. The van der Waals surface area contributed by atoms with E-state index in [9.17, 15) is 0 Å². The first-order chi connectivity index (χ1) is 14.2. The fourth-order valence-corrected chi connectivity index (χ4v) is 3.98. The van der Waals surface area contributed by atoms with Crippen molar-refractivity contribution < 1.29 is 51.0 Å². The van der Waals surface area contributed by atoms with Crippen LogP contribution in [0.1, 0.15) is 84.6 Å². The Morgan fingerprint density at radius 2 is 0.971 bits per heavy atom. The SMILES string of the molecule is CC(C)(C)c1ccc2c(c1)[cH-]c1cc(C(C)(C)C)ccc12.C[c-]1ccc(C(C)(C)C)c1.[Cl-].[Cl-].[Zr+4]. The molecule has 0 bridgehead atoms. The predicted octanol–water partition coefficient (Wildman–Crippen LogP) is 3.32. The molecule has 0 saturated carbocycles. The van der Waals surface area contributed by atoms with Gasteiger partial charge in [0.2, 0.25) is 0 Å². The third kappa shape index (κ3) is 7.81. The average molecular weight is 575 g/mol. The summed E-state index contributed by atoms with van der Waals surface area (Å²) in [4.78, 5) is 0. The molecule has 0 atom stereocenters. The molecule has 34 heavy (non-hydrogen) atoms. The number of hydrogen-bond donors (Lipinski definition) is 0. The summed E-state index contributed by atoms with van der Waals surface area (Å²) in [7, 11) is 0. The Morgan fingerprint density at radius 3 is 1.24 bits per heavy atom. The van der Waals surface area contributed by atoms with E-state index in [1.165, 1.54) is 43.8 Å². The maximum absolute atomic E-state index is 2.35. The van der Waals surface area contributed by atoms with E-state index in [0.717, 1.165) is 0 Å². The van der Waals surface area contributed by atoms with Crippen LogP contribution in [0.2, 0.25) is 0 Å². The van der Waals surface area contributed by atoms with Gasteiger partial charge in [0.1, 0.15) is 0 Å². The minimum atomic E-state index is 0. The molecule has 0 unspecified atom stereocenters. The smallest absolute Gasteiger partial charge is 1.00 e. The summed E-state index contributed by atoms with van der Waals surface area (Å²) in [6, 6.07) is 22.8. The molecule has 0 fully saturated rings. The summed E-state index contributed by atoms with van der Waals surface area (Å²) in [5, 5.41) is 5.48. The zero-order chi connectivity index (χ0) is 23.2. The van der Waals surface area contributed by atoms with E-state index in [2.05, 4.69) is 130 Å². The predicted molar refractivity (Wildman–Crippen MR) is 140 cm³/mol. The Hall–Kier alpha value is -0.877. The second-order valence-electron chi connectivity index (χ2n) is 12.2. The molecule has 0 amide bonds. The number of benzene rings is 2. The van der Waals surface area contributed by atoms with Crippen molar-refractivity contribution >= 4 is 21.5 Å². The maximum atomic E-state index is 2.35. The molecule has 0 N–H and O–H groups in total. The van der Waals surface area contributed by atoms with Crippen molar-refractivity contribution in [3.05, 3.63) is 82.9 Å². The van der Waals surface area contributed by atoms with Crippen LogP contribution in [-0.4, -0.2) is 0 Å². The van der Waals surface area contributed by atoms with Crippen molar-refractivity contribution in [3.8, 4) is 0 Å². The van der Waals surface area contributed by atoms with Crippen LogP contribution in [0.15, 0.2) is 60.7 Å². The molecule has 0 aliphatic carbocycles. The van der Waals surface area contributed by atoms with Gasteiger partial charge in [-0.1, -0.05) is 110 Å². The first-order valence-corrected chi connectivity index (χ1v) is 11.5. The van der Waals surface area contributed by atoms with E-state index in [-0.39, 0.29) is 61.8 Å². The molecular weight excluding hydrogens is 534 g/mol. The van der Waals surface area contributed by atoms with Crippen molar-refractivity contribution in [1.82, 2.24) is 0 Å². The van der Waals surface area contributed by atoms with Crippen LogP contribution in [0.3, 0.4) is 0 Å². The summed E-state index contributed by atoms with van der Waals surface area (Å²) in [5.41, 5.74) is 6.33. The average Bonchev–Trinajstić information content (AvgIpc) is 3.22. The fraction of sp³-hybridized carbons (Fsp3) is 0.419. The van der Waals surface area contributed by atoms with Crippen LogP contribution in [-0.2, 0) is 42.4 Å². The zero-order valence-electron chi connectivity index (χ0n) is 22.5. The van der Waals surface area contributed by atoms with Crippen molar-refractivity contribution in [2.45, 2.75) is 85.5 Å². The Kier molecular flexibility index (Phi) is 11.6. The molecule has 182 valence electrons. The van der Waals surface area contributed by atoms with E-state index in [1.807, 2.05) is 0 Å². The van der Waals surface area contributed by atoms with Gasteiger partial charge in [-0.15, -0.1) is 39.7 Å². The Morgan fingerprint density at radius 1 is 0.588 bits per heavy atom. The summed E-state index contributed by atoms with van der Waals surface area (Å²) >= 11 is 0. The van der Waals surface area contributed by atoms with Crippen LogP contribution in [0, 0.1) is 6.92 Å². The molecule has 0 aromatic heterocycles. The number of fused-ring (bicyclic) bond motifs is 3. The third-order valence-corrected chi connectivity index (χ3v) is 6.21. The van der Waals surface area contributed by atoms with E-state index in [4.69, 9.17) is 0 Å². The van der Waals surface area contributed by atoms with Crippen LogP contribution in [0.5, 0.6) is 0 Å². The Balaban J connectivity index is 0.000000721. The molecule has 3 heteroatoms. The van der Waals surface area contributed by atoms with Crippen molar-refractivity contribution in [3.63, 3.8) is 0 Å². The van der Waals surface area contributed by atoms with Gasteiger partial charge < -0.3 is 24.8 Å². The molecule has 4 aromatic rings. The van der Waals surface area contributed by atoms with Crippen molar-refractivity contribution in [2.75, 3.05) is 0 Å². The summed E-state index contributed by atoms with van der Waals surface area (Å²) in [6.45, 7) is 22.5. The van der Waals surface area contributed by atoms with Crippen molar-refractivity contribution in [1.29, 1.82) is 0 Å². The Bertz CT molecular complexity index is 1120. The molecule has 0 spiro atoms. The van der Waals surface area contributed by atoms with Crippen LogP contribution >= 0.6 is 0 Å². The van der Waals surface area contributed by atoms with E-state index >= 15 is 0 Å². The van der Waals surface area contributed by atoms with Gasteiger partial charge in [-0.2, -0.15) is 23.3 Å². The van der Waals surface area contributed by atoms with Crippen molar-refractivity contribution in [2.24, 2.45) is 0 Å². The second-order valence-corrected chi connectivity index (χ2v) is 12.2. The van der Waals surface area contributed by atoms with Gasteiger partial charge in [0.05, 0.1) is 0 Å². The normalized spacial score (nSPS) is 11.7. The van der Waals surface area contributed by atoms with Crippen LogP contribution in [0.25, 0.3) is 21.5 Å². The summed E-state index contributed by atoms with van der Waals surface area (Å²) < 4.78 is 0. The second kappa shape index (κ2) is 11.9. The van der Waals surface area contributed by atoms with Gasteiger partial charge in [-0.25, -0.2) is 6.07 Å². The van der Waals surface area contributed by atoms with E-state index in [0.29, 0.717) is 5.41 Å². The molecule has 0 nitrogen and oxygen atoms in total. The minimum Gasteiger partial charge on any atom is -1.00 e. The molecule has 0 heterocycles. The first kappa shape index (κ1) is 33.1. The third-order valence-electron chi connectivity index (χ3n) is 6.21. The monoisotopic (exact) mass is 572 g/mol. The van der Waals surface area contributed by atoms with Gasteiger partial charge >= 0.3 is 26.2 Å². The molecular formula is C31H40Cl2Zr. The zero-order valence-corrected chi connectivity index (χ0v) is 26.5. The molecule has 4 aromatic carbocycles. The van der Waals surface area contributed by atoms with Gasteiger partial charge in [-0.3, -0.25) is 0 Å². The number of halogens is 2. The number of aryl methyl sites for hydroxylation is 1. The van der Waals surface area contributed by atoms with Gasteiger partial charge in [-0.05, 0) is 10.8 Å². The largest absolute Gasteiger partial charge is 4.00 e. The number of hydrogen-bond acceptors (Lipinski definition) is 0. The van der Waals surface area contributed by atoms with E-state index < -0.39 is 0 Å². The minimum absolute atomic E-state index is 0. The van der Waals surface area contributed by atoms with Crippen LogP contribution < -0.4 is 24.8 Å². The fourth-order valence-electron chi connectivity index (χ4n) is 3.98. The van der Waals surface area contributed by atoms with Crippen LogP contribution in [0.4, 0.5) is 0 Å². The number of rotatable bonds is 0.